The molecule has 0 spiro atoms. The first kappa shape index (κ1) is 10.7. The molecule has 0 saturated heterocycles. The van der Waals surface area contributed by atoms with Gasteiger partial charge in [0.05, 0.1) is 18.7 Å². The third kappa shape index (κ3) is 1.56. The minimum absolute atomic E-state index is 0.00491. The molecule has 0 amide bonds. The molecular weight excluding hydrogens is 228 g/mol. The van der Waals surface area contributed by atoms with Crippen LogP contribution in [0.2, 0.25) is 0 Å². The van der Waals surface area contributed by atoms with Crippen molar-refractivity contribution in [2.45, 2.75) is 4.90 Å². The maximum atomic E-state index is 11.6. The topological polar surface area (TPSA) is 82.9 Å². The van der Waals surface area contributed by atoms with Crippen molar-refractivity contribution >= 4 is 21.0 Å². The lowest BCUT2D eigenvalue weighted by atomic mass is 10.2. The molecule has 6 heteroatoms. The Labute approximate surface area is 92.4 Å². The van der Waals surface area contributed by atoms with Crippen LogP contribution in [-0.2, 0) is 14.3 Å². The molecule has 2 aromatic rings. The summed E-state index contributed by atoms with van der Waals surface area (Å²) in [7, 11) is -2.71. The lowest BCUT2D eigenvalue weighted by molar-refractivity contribution is 0.398. The Morgan fingerprint density at radius 1 is 1.44 bits per heavy atom. The summed E-state index contributed by atoms with van der Waals surface area (Å²) in [5.41, 5.74) is 0.861. The average molecular weight is 236 g/mol. The van der Waals surface area contributed by atoms with E-state index in [1.807, 2.05) is 6.07 Å². The molecule has 0 atom stereocenters. The van der Waals surface area contributed by atoms with Crippen molar-refractivity contribution in [2.75, 3.05) is 7.11 Å². The van der Waals surface area contributed by atoms with Crippen molar-refractivity contribution in [2.24, 2.45) is 0 Å². The molecule has 0 unspecified atom stereocenters. The number of rotatable bonds is 2. The molecule has 1 aromatic carbocycles. The van der Waals surface area contributed by atoms with Crippen LogP contribution >= 0.6 is 0 Å². The molecule has 82 valence electrons. The fourth-order valence-corrected chi connectivity index (χ4v) is 2.39. The number of nitrogens with zero attached hydrogens (tertiary/aromatic N) is 1. The summed E-state index contributed by atoms with van der Waals surface area (Å²) in [6, 6.07) is 6.42. The van der Waals surface area contributed by atoms with Crippen LogP contribution in [0.3, 0.4) is 0 Å². The highest BCUT2D eigenvalue weighted by molar-refractivity contribution is 7.87. The third-order valence-electron chi connectivity index (χ3n) is 2.25. The van der Waals surface area contributed by atoms with E-state index in [1.54, 1.807) is 18.3 Å². The number of aromatic amines is 1. The number of hydrogen-bond donors (Lipinski definition) is 1. The highest BCUT2D eigenvalue weighted by Crippen LogP contribution is 2.25. The summed E-state index contributed by atoms with van der Waals surface area (Å²) >= 11 is 0. The minimum Gasteiger partial charge on any atom is -0.361 e. The summed E-state index contributed by atoms with van der Waals surface area (Å²) in [5.74, 6) is 0. The van der Waals surface area contributed by atoms with E-state index >= 15 is 0 Å². The van der Waals surface area contributed by atoms with Gasteiger partial charge in [0.25, 0.3) is 10.1 Å². The number of benzene rings is 1. The van der Waals surface area contributed by atoms with Crippen molar-refractivity contribution in [3.8, 4) is 6.07 Å². The monoisotopic (exact) mass is 236 g/mol. The number of nitriles is 1. The number of hydrogen-bond acceptors (Lipinski definition) is 4. The highest BCUT2D eigenvalue weighted by Gasteiger charge is 2.18. The third-order valence-corrected chi connectivity index (χ3v) is 3.56. The van der Waals surface area contributed by atoms with Crippen molar-refractivity contribution in [3.05, 3.63) is 30.0 Å². The van der Waals surface area contributed by atoms with Gasteiger partial charge in [0.15, 0.2) is 0 Å². The molecule has 16 heavy (non-hydrogen) atoms. The molecule has 1 aromatic heterocycles. The van der Waals surface area contributed by atoms with Crippen LogP contribution < -0.4 is 0 Å². The van der Waals surface area contributed by atoms with E-state index in [0.717, 1.165) is 7.11 Å². The lowest BCUT2D eigenvalue weighted by Gasteiger charge is -2.03. The molecule has 0 aliphatic heterocycles. The number of fused-ring (bicyclic) bond motifs is 1. The van der Waals surface area contributed by atoms with E-state index in [2.05, 4.69) is 9.17 Å². The molecule has 1 heterocycles. The van der Waals surface area contributed by atoms with E-state index in [4.69, 9.17) is 5.26 Å². The van der Waals surface area contributed by atoms with Crippen LogP contribution in [0.4, 0.5) is 0 Å². The first-order valence-corrected chi connectivity index (χ1v) is 5.81. The van der Waals surface area contributed by atoms with Crippen LogP contribution in [0.5, 0.6) is 0 Å². The van der Waals surface area contributed by atoms with Crippen LogP contribution in [0.15, 0.2) is 29.3 Å². The quantitative estimate of drug-likeness (QED) is 0.798. The van der Waals surface area contributed by atoms with Gasteiger partial charge in [-0.25, -0.2) is 0 Å². The van der Waals surface area contributed by atoms with Crippen molar-refractivity contribution in [3.63, 3.8) is 0 Å². The standard InChI is InChI=1S/C10H8N2O3S/c1-15-16(13,14)10-5-7(6-11)4-9-8(10)2-3-12-9/h2-5,12H,1H3. The zero-order valence-corrected chi connectivity index (χ0v) is 9.21. The van der Waals surface area contributed by atoms with Crippen LogP contribution in [0.1, 0.15) is 5.56 Å². The van der Waals surface area contributed by atoms with Gasteiger partial charge < -0.3 is 4.98 Å². The number of aromatic nitrogens is 1. The van der Waals surface area contributed by atoms with E-state index in [9.17, 15) is 8.42 Å². The highest BCUT2D eigenvalue weighted by atomic mass is 32.2. The molecule has 0 bridgehead atoms. The first-order valence-electron chi connectivity index (χ1n) is 4.40. The van der Waals surface area contributed by atoms with E-state index < -0.39 is 10.1 Å². The molecule has 2 rings (SSSR count). The van der Waals surface area contributed by atoms with E-state index in [0.29, 0.717) is 10.9 Å². The number of nitrogens with one attached hydrogen (secondary N) is 1. The second-order valence-electron chi connectivity index (χ2n) is 3.15. The van der Waals surface area contributed by atoms with Gasteiger partial charge in [0.2, 0.25) is 0 Å². The molecule has 1 N–H and O–H groups in total. The predicted molar refractivity (Wildman–Crippen MR) is 57.2 cm³/mol. The maximum Gasteiger partial charge on any atom is 0.297 e. The minimum atomic E-state index is -3.80. The van der Waals surface area contributed by atoms with Crippen molar-refractivity contribution in [1.29, 1.82) is 5.26 Å². The van der Waals surface area contributed by atoms with E-state index in [-0.39, 0.29) is 10.5 Å². The molecule has 0 aliphatic rings. The summed E-state index contributed by atoms with van der Waals surface area (Å²) in [5, 5.41) is 9.31. The Hall–Kier alpha value is -1.84. The Morgan fingerprint density at radius 2 is 2.19 bits per heavy atom. The summed E-state index contributed by atoms with van der Waals surface area (Å²) in [4.78, 5) is 2.86. The van der Waals surface area contributed by atoms with Crippen LogP contribution in [0, 0.1) is 11.3 Å². The normalized spacial score (nSPS) is 11.5. The van der Waals surface area contributed by atoms with Gasteiger partial charge >= 0.3 is 0 Å². The zero-order chi connectivity index (χ0) is 11.8. The van der Waals surface area contributed by atoms with E-state index in [1.165, 1.54) is 6.07 Å². The average Bonchev–Trinajstić information content (AvgIpc) is 2.75. The largest absolute Gasteiger partial charge is 0.361 e. The Morgan fingerprint density at radius 3 is 2.81 bits per heavy atom. The molecule has 5 nitrogen and oxygen atoms in total. The van der Waals surface area contributed by atoms with Gasteiger partial charge in [-0.2, -0.15) is 13.7 Å². The Bertz CT molecular complexity index is 680. The summed E-state index contributed by atoms with van der Waals surface area (Å²) < 4.78 is 27.7. The summed E-state index contributed by atoms with van der Waals surface area (Å²) in [6.07, 6.45) is 1.61. The molecule has 0 fully saturated rings. The van der Waals surface area contributed by atoms with Gasteiger partial charge in [0, 0.05) is 17.1 Å². The maximum absolute atomic E-state index is 11.6. The van der Waals surface area contributed by atoms with Gasteiger partial charge in [-0.15, -0.1) is 0 Å². The predicted octanol–water partition coefficient (Wildman–Crippen LogP) is 1.37. The number of H-pyrrole nitrogens is 1. The Kier molecular flexibility index (Phi) is 2.42. The SMILES string of the molecule is COS(=O)(=O)c1cc(C#N)cc2[nH]ccc12. The second-order valence-corrected chi connectivity index (χ2v) is 4.83. The van der Waals surface area contributed by atoms with Crippen LogP contribution in [0.25, 0.3) is 10.9 Å². The van der Waals surface area contributed by atoms with Crippen molar-refractivity contribution in [1.82, 2.24) is 4.98 Å². The molecule has 0 aliphatic carbocycles. The van der Waals surface area contributed by atoms with Crippen molar-refractivity contribution < 1.29 is 12.6 Å². The fourth-order valence-electron chi connectivity index (χ4n) is 1.49. The van der Waals surface area contributed by atoms with Gasteiger partial charge in [0.1, 0.15) is 4.90 Å². The van der Waals surface area contributed by atoms with Gasteiger partial charge in [-0.05, 0) is 18.2 Å². The second kappa shape index (κ2) is 3.63. The molecule has 0 radical (unpaired) electrons. The Balaban J connectivity index is 2.87. The molecular formula is C10H8N2O3S. The zero-order valence-electron chi connectivity index (χ0n) is 8.39. The van der Waals surface area contributed by atoms with Gasteiger partial charge in [-0.3, -0.25) is 4.18 Å². The van der Waals surface area contributed by atoms with Gasteiger partial charge in [-0.1, -0.05) is 0 Å². The van der Waals surface area contributed by atoms with Crippen LogP contribution in [-0.4, -0.2) is 20.5 Å². The lowest BCUT2D eigenvalue weighted by Crippen LogP contribution is -2.03. The smallest absolute Gasteiger partial charge is 0.297 e. The molecule has 0 saturated carbocycles. The first-order chi connectivity index (χ1) is 7.58. The fraction of sp³-hybridized carbons (Fsp3) is 0.100. The summed E-state index contributed by atoms with van der Waals surface area (Å²) in [6.45, 7) is 0.